The SMILES string of the molecule is Cc1ccc(S(=O)(=O)N(C)CC(=O)N(Cc2ccc(-c3ccc(-c4cccc(C(=O)O)c4)cc3)cc2)c2ccc(C(=O)OCc3ccccc3)c(OCc3ccccc3)c2)cc1. The first kappa shape index (κ1) is 42.8. The quantitative estimate of drug-likeness (QED) is 0.0952. The zero-order valence-electron chi connectivity index (χ0n) is 34.2. The molecule has 1 N–H and O–H groups in total. The number of benzene rings is 7. The van der Waals surface area contributed by atoms with Crippen LogP contribution in [0.15, 0.2) is 181 Å². The van der Waals surface area contributed by atoms with Gasteiger partial charge in [-0.05, 0) is 82.3 Å². The molecule has 0 fully saturated rings. The topological polar surface area (TPSA) is 131 Å². The first-order valence-corrected chi connectivity index (χ1v) is 21.3. The highest BCUT2D eigenvalue weighted by Gasteiger charge is 2.27. The monoisotopic (exact) mass is 844 g/mol. The van der Waals surface area contributed by atoms with Gasteiger partial charge in [0.25, 0.3) is 0 Å². The molecule has 10 nitrogen and oxygen atoms in total. The van der Waals surface area contributed by atoms with Gasteiger partial charge in [-0.1, -0.05) is 139 Å². The van der Waals surface area contributed by atoms with Crippen LogP contribution in [0.5, 0.6) is 5.75 Å². The van der Waals surface area contributed by atoms with Gasteiger partial charge in [0.05, 0.1) is 23.5 Å². The molecule has 0 unspecified atom stereocenters. The van der Waals surface area contributed by atoms with E-state index < -0.39 is 34.4 Å². The number of nitrogens with zero attached hydrogens (tertiary/aromatic N) is 2. The van der Waals surface area contributed by atoms with Crippen molar-refractivity contribution in [1.82, 2.24) is 4.31 Å². The van der Waals surface area contributed by atoms with Crippen molar-refractivity contribution in [2.24, 2.45) is 0 Å². The van der Waals surface area contributed by atoms with Crippen LogP contribution in [-0.2, 0) is 39.3 Å². The fourth-order valence-electron chi connectivity index (χ4n) is 6.75. The summed E-state index contributed by atoms with van der Waals surface area (Å²) in [6.07, 6.45) is 0. The Morgan fingerprint density at radius 1 is 0.597 bits per heavy atom. The molecule has 0 aliphatic rings. The average Bonchev–Trinajstić information content (AvgIpc) is 3.30. The van der Waals surface area contributed by atoms with Crippen molar-refractivity contribution in [2.75, 3.05) is 18.5 Å². The zero-order chi connectivity index (χ0) is 43.6. The Bertz CT molecular complexity index is 2780. The molecular weight excluding hydrogens is 801 g/mol. The largest absolute Gasteiger partial charge is 0.488 e. The number of sulfonamides is 1. The van der Waals surface area contributed by atoms with Gasteiger partial charge < -0.3 is 19.5 Å². The summed E-state index contributed by atoms with van der Waals surface area (Å²) < 4.78 is 40.2. The number of carbonyl (C=O) groups excluding carboxylic acids is 2. The van der Waals surface area contributed by atoms with Crippen molar-refractivity contribution in [2.45, 2.75) is 31.6 Å². The van der Waals surface area contributed by atoms with E-state index in [9.17, 15) is 27.9 Å². The minimum atomic E-state index is -4.02. The third kappa shape index (κ3) is 10.5. The molecule has 7 rings (SSSR count). The van der Waals surface area contributed by atoms with Crippen LogP contribution in [0.25, 0.3) is 22.3 Å². The number of hydrogen-bond acceptors (Lipinski definition) is 7. The van der Waals surface area contributed by atoms with Crippen molar-refractivity contribution >= 4 is 33.6 Å². The first-order chi connectivity index (χ1) is 29.9. The van der Waals surface area contributed by atoms with Gasteiger partial charge in [0, 0.05) is 18.8 Å². The molecule has 312 valence electrons. The number of rotatable bonds is 16. The number of ether oxygens (including phenoxy) is 2. The third-order valence-electron chi connectivity index (χ3n) is 10.3. The summed E-state index contributed by atoms with van der Waals surface area (Å²) in [6.45, 7) is 1.63. The standard InChI is InChI=1S/C51H44N2O8S/c1-36-16-27-46(28-17-36)62(58,59)52(2)33-49(54)53(32-37-18-20-40(21-19-37)41-22-24-42(25-23-41)43-14-9-15-44(30-43)50(55)56)45-26-29-47(51(57)61-35-39-12-7-4-8-13-39)48(31-45)60-34-38-10-5-3-6-11-38/h3-31H,32-35H2,1-2H3,(H,55,56). The highest BCUT2D eigenvalue weighted by Crippen LogP contribution is 2.31. The van der Waals surface area contributed by atoms with Crippen LogP contribution in [0, 0.1) is 6.92 Å². The van der Waals surface area contributed by atoms with Crippen molar-refractivity contribution in [1.29, 1.82) is 0 Å². The minimum absolute atomic E-state index is 0.0484. The lowest BCUT2D eigenvalue weighted by molar-refractivity contribution is -0.118. The average molecular weight is 845 g/mol. The molecule has 0 aromatic heterocycles. The number of anilines is 1. The molecule has 11 heteroatoms. The molecule has 7 aromatic rings. The lowest BCUT2D eigenvalue weighted by atomic mass is 9.98. The molecule has 0 saturated heterocycles. The van der Waals surface area contributed by atoms with E-state index in [1.54, 1.807) is 48.5 Å². The summed E-state index contributed by atoms with van der Waals surface area (Å²) >= 11 is 0. The molecular formula is C51H44N2O8S. The number of carbonyl (C=O) groups is 3. The number of aryl methyl sites for hydroxylation is 1. The van der Waals surface area contributed by atoms with Gasteiger partial charge in [0.15, 0.2) is 0 Å². The fraction of sp³-hybridized carbons (Fsp3) is 0.118. The van der Waals surface area contributed by atoms with E-state index in [0.717, 1.165) is 48.8 Å². The molecule has 62 heavy (non-hydrogen) atoms. The van der Waals surface area contributed by atoms with Crippen molar-refractivity contribution in [3.05, 3.63) is 209 Å². The lowest BCUT2D eigenvalue weighted by Crippen LogP contribution is -2.41. The van der Waals surface area contributed by atoms with E-state index in [1.165, 1.54) is 24.1 Å². The van der Waals surface area contributed by atoms with Crippen molar-refractivity contribution in [3.63, 3.8) is 0 Å². The Labute approximate surface area is 361 Å². The van der Waals surface area contributed by atoms with Crippen LogP contribution in [0.1, 0.15) is 43.0 Å². The Balaban J connectivity index is 1.18. The summed E-state index contributed by atoms with van der Waals surface area (Å²) in [6, 6.07) is 52.2. The molecule has 1 amide bonds. The first-order valence-electron chi connectivity index (χ1n) is 19.8. The fourth-order valence-corrected chi connectivity index (χ4v) is 7.87. The van der Waals surface area contributed by atoms with Crippen LogP contribution < -0.4 is 9.64 Å². The predicted molar refractivity (Wildman–Crippen MR) is 239 cm³/mol. The molecule has 0 atom stereocenters. The van der Waals surface area contributed by atoms with Crippen LogP contribution in [0.2, 0.25) is 0 Å². The number of aromatic carboxylic acids is 1. The van der Waals surface area contributed by atoms with Gasteiger partial charge in [-0.25, -0.2) is 18.0 Å². The number of esters is 1. The van der Waals surface area contributed by atoms with Gasteiger partial charge in [0.1, 0.15) is 24.5 Å². The van der Waals surface area contributed by atoms with Crippen molar-refractivity contribution in [3.8, 4) is 28.0 Å². The van der Waals surface area contributed by atoms with Gasteiger partial charge >= 0.3 is 11.9 Å². The van der Waals surface area contributed by atoms with Gasteiger partial charge in [0.2, 0.25) is 15.9 Å². The summed E-state index contributed by atoms with van der Waals surface area (Å²) in [5.74, 6) is -1.92. The second-order valence-electron chi connectivity index (χ2n) is 14.7. The molecule has 0 heterocycles. The molecule has 0 saturated carbocycles. The van der Waals surface area contributed by atoms with Gasteiger partial charge in [-0.2, -0.15) is 4.31 Å². The van der Waals surface area contributed by atoms with E-state index >= 15 is 0 Å². The van der Waals surface area contributed by atoms with E-state index in [2.05, 4.69) is 0 Å². The number of carboxylic acid groups (broad SMARTS) is 1. The normalized spacial score (nSPS) is 11.2. The summed E-state index contributed by atoms with van der Waals surface area (Å²) in [5, 5.41) is 9.43. The summed E-state index contributed by atoms with van der Waals surface area (Å²) in [5.41, 5.74) is 7.60. The lowest BCUT2D eigenvalue weighted by Gasteiger charge is -2.27. The van der Waals surface area contributed by atoms with E-state index in [0.29, 0.717) is 5.69 Å². The van der Waals surface area contributed by atoms with Crippen LogP contribution in [0.3, 0.4) is 0 Å². The Kier molecular flexibility index (Phi) is 13.4. The van der Waals surface area contributed by atoms with E-state index in [-0.39, 0.29) is 41.5 Å². The molecule has 0 aliphatic heterocycles. The zero-order valence-corrected chi connectivity index (χ0v) is 35.0. The molecule has 7 aromatic carbocycles. The van der Waals surface area contributed by atoms with Gasteiger partial charge in [-0.3, -0.25) is 4.79 Å². The highest BCUT2D eigenvalue weighted by molar-refractivity contribution is 7.89. The number of likely N-dealkylation sites (N-methyl/N-ethyl adjacent to an activating group) is 1. The van der Waals surface area contributed by atoms with E-state index in [4.69, 9.17) is 9.47 Å². The Hall–Kier alpha value is -7.34. The maximum atomic E-state index is 14.4. The summed E-state index contributed by atoms with van der Waals surface area (Å²) in [4.78, 5) is 41.0. The maximum Gasteiger partial charge on any atom is 0.342 e. The van der Waals surface area contributed by atoms with Crippen LogP contribution >= 0.6 is 0 Å². The smallest absolute Gasteiger partial charge is 0.342 e. The highest BCUT2D eigenvalue weighted by atomic mass is 32.2. The Morgan fingerprint density at radius 2 is 1.18 bits per heavy atom. The number of amides is 1. The second kappa shape index (κ2) is 19.4. The second-order valence-corrected chi connectivity index (χ2v) is 16.8. The van der Waals surface area contributed by atoms with Gasteiger partial charge in [-0.15, -0.1) is 0 Å². The molecule has 0 bridgehead atoms. The van der Waals surface area contributed by atoms with Crippen molar-refractivity contribution < 1.29 is 37.4 Å². The van der Waals surface area contributed by atoms with Crippen LogP contribution in [-0.4, -0.2) is 49.3 Å². The van der Waals surface area contributed by atoms with Crippen LogP contribution in [0.4, 0.5) is 5.69 Å². The summed E-state index contributed by atoms with van der Waals surface area (Å²) in [7, 11) is -2.65. The molecule has 0 radical (unpaired) electrons. The Morgan fingerprint density at radius 3 is 1.79 bits per heavy atom. The predicted octanol–water partition coefficient (Wildman–Crippen LogP) is 9.82. The number of hydrogen-bond donors (Lipinski definition) is 1. The third-order valence-corrected chi connectivity index (χ3v) is 12.1. The van der Waals surface area contributed by atoms with E-state index in [1.807, 2.05) is 122 Å². The molecule has 0 spiro atoms. The maximum absolute atomic E-state index is 14.4. The number of carboxylic acids is 1. The minimum Gasteiger partial charge on any atom is -0.488 e. The molecule has 0 aliphatic carbocycles.